The van der Waals surface area contributed by atoms with Crippen LogP contribution in [-0.4, -0.2) is 11.0 Å². The van der Waals surface area contributed by atoms with Crippen LogP contribution in [0.15, 0.2) is 36.4 Å². The van der Waals surface area contributed by atoms with Gasteiger partial charge in [-0.2, -0.15) is 5.26 Å². The van der Waals surface area contributed by atoms with E-state index in [9.17, 15) is 14.3 Å². The van der Waals surface area contributed by atoms with Crippen LogP contribution in [0, 0.1) is 20.7 Å². The Balaban J connectivity index is 2.33. The summed E-state index contributed by atoms with van der Waals surface area (Å²) in [4.78, 5) is 12.1. The fourth-order valence-electron chi connectivity index (χ4n) is 1.60. The molecule has 2 aromatic rings. The Bertz CT molecular complexity index is 726. The number of nitriles is 1. The summed E-state index contributed by atoms with van der Waals surface area (Å²) in [6, 6.07) is 9.86. The number of nitrogens with one attached hydrogen (secondary N) is 1. The van der Waals surface area contributed by atoms with Crippen LogP contribution in [-0.2, 0) is 0 Å². The standard InChI is InChI=1S/C14H8FIN2O2/c15-9-1-3-12(8(5-9)7-17)18-14(20)11-6-10(16)2-4-13(11)19/h1-6,19H,(H,18,20). The van der Waals surface area contributed by atoms with Crippen LogP contribution < -0.4 is 5.32 Å². The summed E-state index contributed by atoms with van der Waals surface area (Å²) in [6.07, 6.45) is 0. The number of benzene rings is 2. The molecule has 0 aromatic heterocycles. The van der Waals surface area contributed by atoms with Gasteiger partial charge in [0.15, 0.2) is 0 Å². The lowest BCUT2D eigenvalue weighted by Gasteiger charge is -2.08. The summed E-state index contributed by atoms with van der Waals surface area (Å²) < 4.78 is 13.8. The van der Waals surface area contributed by atoms with E-state index in [1.807, 2.05) is 22.6 Å². The predicted molar refractivity (Wildman–Crippen MR) is 79.9 cm³/mol. The molecule has 0 aliphatic rings. The summed E-state index contributed by atoms with van der Waals surface area (Å²) in [6.45, 7) is 0. The number of amides is 1. The molecule has 0 saturated heterocycles. The van der Waals surface area contributed by atoms with E-state index in [4.69, 9.17) is 5.26 Å². The largest absolute Gasteiger partial charge is 0.507 e. The number of hydrogen-bond acceptors (Lipinski definition) is 3. The molecule has 0 radical (unpaired) electrons. The number of nitrogens with zero attached hydrogens (tertiary/aromatic N) is 1. The second kappa shape index (κ2) is 5.88. The first-order chi connectivity index (χ1) is 9.51. The van der Waals surface area contributed by atoms with E-state index in [0.29, 0.717) is 0 Å². The van der Waals surface area contributed by atoms with Gasteiger partial charge in [-0.15, -0.1) is 0 Å². The van der Waals surface area contributed by atoms with Gasteiger partial charge in [0.2, 0.25) is 0 Å². The van der Waals surface area contributed by atoms with E-state index in [1.165, 1.54) is 18.2 Å². The Labute approximate surface area is 128 Å². The number of carbonyl (C=O) groups is 1. The maximum absolute atomic E-state index is 13.0. The van der Waals surface area contributed by atoms with Crippen LogP contribution in [0.25, 0.3) is 0 Å². The van der Waals surface area contributed by atoms with Crippen molar-refractivity contribution in [3.05, 3.63) is 56.9 Å². The minimum atomic E-state index is -0.566. The van der Waals surface area contributed by atoms with E-state index in [-0.39, 0.29) is 22.6 Å². The molecule has 0 heterocycles. The average molecular weight is 382 g/mol. The zero-order valence-electron chi connectivity index (χ0n) is 10.0. The summed E-state index contributed by atoms with van der Waals surface area (Å²) >= 11 is 2.01. The van der Waals surface area contributed by atoms with Crippen molar-refractivity contribution >= 4 is 34.2 Å². The molecule has 0 saturated carbocycles. The number of halogens is 2. The third-order valence-electron chi connectivity index (χ3n) is 2.55. The number of aromatic hydroxyl groups is 1. The van der Waals surface area contributed by atoms with Crippen LogP contribution in [0.3, 0.4) is 0 Å². The Morgan fingerprint density at radius 2 is 2.05 bits per heavy atom. The van der Waals surface area contributed by atoms with Crippen molar-refractivity contribution < 1.29 is 14.3 Å². The SMILES string of the molecule is N#Cc1cc(F)ccc1NC(=O)c1cc(I)ccc1O. The molecule has 0 spiro atoms. The molecule has 0 bridgehead atoms. The van der Waals surface area contributed by atoms with Crippen LogP contribution in [0.1, 0.15) is 15.9 Å². The van der Waals surface area contributed by atoms with E-state index in [0.717, 1.165) is 15.7 Å². The van der Waals surface area contributed by atoms with E-state index in [1.54, 1.807) is 12.1 Å². The van der Waals surface area contributed by atoms with Crippen molar-refractivity contribution in [2.45, 2.75) is 0 Å². The van der Waals surface area contributed by atoms with Crippen molar-refractivity contribution in [3.8, 4) is 11.8 Å². The molecule has 0 unspecified atom stereocenters. The third-order valence-corrected chi connectivity index (χ3v) is 3.22. The minimum Gasteiger partial charge on any atom is -0.507 e. The number of anilines is 1. The van der Waals surface area contributed by atoms with Gasteiger partial charge >= 0.3 is 0 Å². The number of phenols is 1. The van der Waals surface area contributed by atoms with Gasteiger partial charge in [-0.1, -0.05) is 0 Å². The molecule has 2 N–H and O–H groups in total. The molecule has 0 fully saturated rings. The topological polar surface area (TPSA) is 73.1 Å². The normalized spacial score (nSPS) is 9.85. The van der Waals surface area contributed by atoms with Gasteiger partial charge in [-0.25, -0.2) is 4.39 Å². The highest BCUT2D eigenvalue weighted by molar-refractivity contribution is 14.1. The van der Waals surface area contributed by atoms with Gasteiger partial charge in [0, 0.05) is 3.57 Å². The van der Waals surface area contributed by atoms with Gasteiger partial charge in [-0.05, 0) is 59.0 Å². The molecule has 0 aliphatic heterocycles. The fourth-order valence-corrected chi connectivity index (χ4v) is 2.09. The molecule has 6 heteroatoms. The second-order valence-electron chi connectivity index (χ2n) is 3.92. The molecule has 20 heavy (non-hydrogen) atoms. The molecule has 2 aromatic carbocycles. The number of phenolic OH excluding ortho intramolecular Hbond substituents is 1. The lowest BCUT2D eigenvalue weighted by molar-refractivity contribution is 0.102. The Morgan fingerprint density at radius 3 is 2.75 bits per heavy atom. The van der Waals surface area contributed by atoms with Crippen molar-refractivity contribution in [1.82, 2.24) is 0 Å². The summed E-state index contributed by atoms with van der Waals surface area (Å²) in [5.41, 5.74) is 0.297. The molecule has 1 amide bonds. The predicted octanol–water partition coefficient (Wildman–Crippen LogP) is 3.26. The molecule has 0 aliphatic carbocycles. The Morgan fingerprint density at radius 1 is 1.30 bits per heavy atom. The molecule has 2 rings (SSSR count). The zero-order chi connectivity index (χ0) is 14.7. The molecule has 0 atom stereocenters. The first kappa shape index (κ1) is 14.3. The fraction of sp³-hybridized carbons (Fsp3) is 0. The third kappa shape index (κ3) is 3.05. The lowest BCUT2D eigenvalue weighted by atomic mass is 10.1. The van der Waals surface area contributed by atoms with Crippen molar-refractivity contribution in [3.63, 3.8) is 0 Å². The van der Waals surface area contributed by atoms with E-state index in [2.05, 4.69) is 5.32 Å². The van der Waals surface area contributed by atoms with Gasteiger partial charge in [-0.3, -0.25) is 4.79 Å². The highest BCUT2D eigenvalue weighted by Crippen LogP contribution is 2.22. The van der Waals surface area contributed by atoms with Gasteiger partial charge in [0.05, 0.1) is 16.8 Å². The van der Waals surface area contributed by atoms with Gasteiger partial charge in [0.1, 0.15) is 17.6 Å². The smallest absolute Gasteiger partial charge is 0.259 e. The average Bonchev–Trinajstić information content (AvgIpc) is 2.43. The summed E-state index contributed by atoms with van der Waals surface area (Å²) in [5.74, 6) is -1.29. The summed E-state index contributed by atoms with van der Waals surface area (Å²) in [5, 5.41) is 21.1. The van der Waals surface area contributed by atoms with Crippen LogP contribution in [0.5, 0.6) is 5.75 Å². The van der Waals surface area contributed by atoms with E-state index >= 15 is 0 Å². The van der Waals surface area contributed by atoms with Crippen molar-refractivity contribution in [1.29, 1.82) is 5.26 Å². The molecular weight excluding hydrogens is 374 g/mol. The number of hydrogen-bond donors (Lipinski definition) is 2. The monoisotopic (exact) mass is 382 g/mol. The quantitative estimate of drug-likeness (QED) is 0.784. The zero-order valence-corrected chi connectivity index (χ0v) is 12.2. The summed E-state index contributed by atoms with van der Waals surface area (Å²) in [7, 11) is 0. The van der Waals surface area contributed by atoms with Gasteiger partial charge in [0.25, 0.3) is 5.91 Å². The first-order valence-corrected chi connectivity index (χ1v) is 6.58. The highest BCUT2D eigenvalue weighted by atomic mass is 127. The maximum Gasteiger partial charge on any atom is 0.259 e. The van der Waals surface area contributed by atoms with Crippen LogP contribution in [0.2, 0.25) is 0 Å². The van der Waals surface area contributed by atoms with Crippen LogP contribution in [0.4, 0.5) is 10.1 Å². The van der Waals surface area contributed by atoms with Crippen molar-refractivity contribution in [2.24, 2.45) is 0 Å². The highest BCUT2D eigenvalue weighted by Gasteiger charge is 2.14. The van der Waals surface area contributed by atoms with Gasteiger partial charge < -0.3 is 10.4 Å². The van der Waals surface area contributed by atoms with E-state index < -0.39 is 11.7 Å². The number of carbonyl (C=O) groups excluding carboxylic acids is 1. The molecule has 100 valence electrons. The second-order valence-corrected chi connectivity index (χ2v) is 5.16. The lowest BCUT2D eigenvalue weighted by Crippen LogP contribution is -2.13. The van der Waals surface area contributed by atoms with Crippen molar-refractivity contribution in [2.75, 3.05) is 5.32 Å². The Kier molecular flexibility index (Phi) is 4.20. The maximum atomic E-state index is 13.0. The first-order valence-electron chi connectivity index (χ1n) is 5.51. The Hall–Kier alpha value is -2.14. The molecule has 4 nitrogen and oxygen atoms in total. The number of rotatable bonds is 2. The molecular formula is C14H8FIN2O2. The minimum absolute atomic E-state index is 0.0171. The van der Waals surface area contributed by atoms with Crippen LogP contribution >= 0.6 is 22.6 Å².